The summed E-state index contributed by atoms with van der Waals surface area (Å²) in [6, 6.07) is 13.6. The molecule has 0 atom stereocenters. The molecule has 3 rings (SSSR count). The predicted molar refractivity (Wildman–Crippen MR) is 111 cm³/mol. The van der Waals surface area contributed by atoms with Gasteiger partial charge in [-0.3, -0.25) is 4.79 Å². The number of aromatic nitrogens is 2. The Morgan fingerprint density at radius 1 is 1.10 bits per heavy atom. The number of anilines is 1. The van der Waals surface area contributed by atoms with Gasteiger partial charge in [0.15, 0.2) is 0 Å². The number of thioether (sulfide) groups is 1. The number of halogens is 2. The number of rotatable bonds is 7. The normalized spacial score (nSPS) is 11.5. The molecule has 0 aliphatic heterocycles. The Morgan fingerprint density at radius 2 is 1.77 bits per heavy atom. The molecule has 6 nitrogen and oxygen atoms in total. The molecule has 1 N–H and O–H groups in total. The fourth-order valence-corrected chi connectivity index (χ4v) is 3.10. The van der Waals surface area contributed by atoms with E-state index in [2.05, 4.69) is 41.0 Å². The third-order valence-electron chi connectivity index (χ3n) is 4.09. The van der Waals surface area contributed by atoms with Gasteiger partial charge in [-0.25, -0.2) is 0 Å². The highest BCUT2D eigenvalue weighted by Gasteiger charge is 2.14. The van der Waals surface area contributed by atoms with Crippen LogP contribution in [0.4, 0.5) is 14.5 Å². The summed E-state index contributed by atoms with van der Waals surface area (Å²) in [6.45, 7) is 3.49. The first-order valence-corrected chi connectivity index (χ1v) is 10.1. The van der Waals surface area contributed by atoms with Gasteiger partial charge < -0.3 is 14.5 Å². The Labute approximate surface area is 177 Å². The van der Waals surface area contributed by atoms with E-state index in [9.17, 15) is 13.6 Å². The van der Waals surface area contributed by atoms with Gasteiger partial charge in [0, 0.05) is 11.3 Å². The number of nitrogens with zero attached hydrogens (tertiary/aromatic N) is 2. The molecule has 0 unspecified atom stereocenters. The predicted octanol–water partition coefficient (Wildman–Crippen LogP) is 5.37. The van der Waals surface area contributed by atoms with Crippen LogP contribution in [0, 0.1) is 0 Å². The molecule has 0 aliphatic carbocycles. The summed E-state index contributed by atoms with van der Waals surface area (Å²) in [7, 11) is 0. The maximum absolute atomic E-state index is 12.2. The third-order valence-corrected chi connectivity index (χ3v) is 4.91. The Balaban J connectivity index is 1.53. The van der Waals surface area contributed by atoms with Gasteiger partial charge in [-0.05, 0) is 47.4 Å². The first-order valence-electron chi connectivity index (χ1n) is 9.12. The van der Waals surface area contributed by atoms with E-state index in [0.29, 0.717) is 11.3 Å². The number of hydrogen-bond acceptors (Lipinski definition) is 6. The van der Waals surface area contributed by atoms with E-state index >= 15 is 0 Å². The van der Waals surface area contributed by atoms with Crippen molar-refractivity contribution in [1.29, 1.82) is 0 Å². The van der Waals surface area contributed by atoms with Crippen molar-refractivity contribution in [2.24, 2.45) is 0 Å². The molecular formula is C21H21F2N3O3S. The van der Waals surface area contributed by atoms with Crippen molar-refractivity contribution < 1.29 is 22.7 Å². The van der Waals surface area contributed by atoms with E-state index in [1.165, 1.54) is 29.8 Å². The van der Waals surface area contributed by atoms with Crippen LogP contribution in [0.25, 0.3) is 11.5 Å². The topological polar surface area (TPSA) is 77.2 Å². The van der Waals surface area contributed by atoms with Crippen LogP contribution in [0.5, 0.6) is 5.75 Å². The lowest BCUT2D eigenvalue weighted by Gasteiger charge is -2.19. The Bertz CT molecular complexity index is 984. The summed E-state index contributed by atoms with van der Waals surface area (Å²) in [5.41, 5.74) is 2.50. The molecule has 158 valence electrons. The summed E-state index contributed by atoms with van der Waals surface area (Å²) < 4.78 is 34.2. The lowest BCUT2D eigenvalue weighted by molar-refractivity contribution is -0.113. The van der Waals surface area contributed by atoms with Crippen LogP contribution in [-0.2, 0) is 10.2 Å². The van der Waals surface area contributed by atoms with Crippen molar-refractivity contribution in [3.8, 4) is 17.2 Å². The van der Waals surface area contributed by atoms with E-state index in [4.69, 9.17) is 4.42 Å². The second-order valence-electron chi connectivity index (χ2n) is 7.44. The average Bonchev–Trinajstić information content (AvgIpc) is 3.15. The smallest absolute Gasteiger partial charge is 0.387 e. The molecule has 9 heteroatoms. The number of alkyl halides is 2. The van der Waals surface area contributed by atoms with Crippen LogP contribution in [0.15, 0.2) is 58.2 Å². The first-order chi connectivity index (χ1) is 14.2. The molecule has 30 heavy (non-hydrogen) atoms. The molecule has 0 saturated carbocycles. The van der Waals surface area contributed by atoms with Gasteiger partial charge in [0.05, 0.1) is 5.75 Å². The summed E-state index contributed by atoms with van der Waals surface area (Å²) in [5.74, 6) is 0.162. The number of carbonyl (C=O) groups is 1. The van der Waals surface area contributed by atoms with Crippen LogP contribution in [0.1, 0.15) is 26.3 Å². The number of carbonyl (C=O) groups excluding carboxylic acids is 1. The average molecular weight is 433 g/mol. The molecule has 2 aromatic carbocycles. The largest absolute Gasteiger partial charge is 0.435 e. The molecule has 0 saturated heterocycles. The fourth-order valence-electron chi connectivity index (χ4n) is 2.54. The molecule has 0 radical (unpaired) electrons. The number of hydrogen-bond donors (Lipinski definition) is 1. The molecule has 0 fully saturated rings. The summed E-state index contributed by atoms with van der Waals surface area (Å²) in [4.78, 5) is 12.2. The minimum Gasteiger partial charge on any atom is -0.435 e. The van der Waals surface area contributed by atoms with Crippen molar-refractivity contribution in [3.63, 3.8) is 0 Å². The van der Waals surface area contributed by atoms with Crippen LogP contribution < -0.4 is 10.1 Å². The summed E-state index contributed by atoms with van der Waals surface area (Å²) >= 11 is 1.11. The van der Waals surface area contributed by atoms with Crippen molar-refractivity contribution >= 4 is 23.4 Å². The van der Waals surface area contributed by atoms with E-state index < -0.39 is 6.61 Å². The van der Waals surface area contributed by atoms with Crippen molar-refractivity contribution in [3.05, 3.63) is 54.1 Å². The van der Waals surface area contributed by atoms with E-state index in [-0.39, 0.29) is 33.9 Å². The molecule has 1 heterocycles. The summed E-state index contributed by atoms with van der Waals surface area (Å²) in [6.07, 6.45) is 0. The SMILES string of the molecule is CC(C)(C)c1ccc(NC(=O)CSc2nnc(-c3ccc(OC(F)F)cc3)o2)cc1. The van der Waals surface area contributed by atoms with Gasteiger partial charge in [-0.15, -0.1) is 10.2 Å². The van der Waals surface area contributed by atoms with E-state index in [1.807, 2.05) is 24.3 Å². The Hall–Kier alpha value is -2.94. The molecule has 0 aliphatic rings. The van der Waals surface area contributed by atoms with Crippen LogP contribution >= 0.6 is 11.8 Å². The van der Waals surface area contributed by atoms with Crippen LogP contribution in [-0.4, -0.2) is 28.5 Å². The van der Waals surface area contributed by atoms with Gasteiger partial charge in [0.1, 0.15) is 5.75 Å². The van der Waals surface area contributed by atoms with Crippen molar-refractivity contribution in [2.45, 2.75) is 38.0 Å². The van der Waals surface area contributed by atoms with Gasteiger partial charge in [-0.2, -0.15) is 8.78 Å². The highest BCUT2D eigenvalue weighted by Crippen LogP contribution is 2.26. The van der Waals surface area contributed by atoms with Crippen LogP contribution in [0.2, 0.25) is 0 Å². The monoisotopic (exact) mass is 433 g/mol. The minimum atomic E-state index is -2.88. The maximum atomic E-state index is 12.2. The van der Waals surface area contributed by atoms with E-state index in [1.54, 1.807) is 0 Å². The Kier molecular flexibility index (Phi) is 6.71. The molecule has 3 aromatic rings. The maximum Gasteiger partial charge on any atom is 0.387 e. The van der Waals surface area contributed by atoms with Gasteiger partial charge in [0.25, 0.3) is 5.22 Å². The molecule has 1 amide bonds. The highest BCUT2D eigenvalue weighted by atomic mass is 32.2. The van der Waals surface area contributed by atoms with E-state index in [0.717, 1.165) is 11.8 Å². The zero-order valence-electron chi connectivity index (χ0n) is 16.7. The van der Waals surface area contributed by atoms with Gasteiger partial charge >= 0.3 is 6.61 Å². The number of benzene rings is 2. The summed E-state index contributed by atoms with van der Waals surface area (Å²) in [5, 5.41) is 10.9. The zero-order valence-corrected chi connectivity index (χ0v) is 17.5. The lowest BCUT2D eigenvalue weighted by Crippen LogP contribution is -2.15. The minimum absolute atomic E-state index is 0.0371. The number of nitrogens with one attached hydrogen (secondary N) is 1. The number of amides is 1. The quantitative estimate of drug-likeness (QED) is 0.505. The van der Waals surface area contributed by atoms with Gasteiger partial charge in [0.2, 0.25) is 11.8 Å². The fraction of sp³-hybridized carbons (Fsp3) is 0.286. The Morgan fingerprint density at radius 3 is 2.37 bits per heavy atom. The number of ether oxygens (including phenoxy) is 1. The molecule has 0 bridgehead atoms. The second-order valence-corrected chi connectivity index (χ2v) is 8.37. The lowest BCUT2D eigenvalue weighted by atomic mass is 9.87. The highest BCUT2D eigenvalue weighted by molar-refractivity contribution is 7.99. The second kappa shape index (κ2) is 9.25. The molecular weight excluding hydrogens is 412 g/mol. The van der Waals surface area contributed by atoms with Crippen molar-refractivity contribution in [2.75, 3.05) is 11.1 Å². The molecule has 1 aromatic heterocycles. The molecule has 0 spiro atoms. The zero-order chi connectivity index (χ0) is 21.7. The van der Waals surface area contributed by atoms with Gasteiger partial charge in [-0.1, -0.05) is 44.7 Å². The van der Waals surface area contributed by atoms with Crippen LogP contribution in [0.3, 0.4) is 0 Å². The standard InChI is InChI=1S/C21H21F2N3O3S/c1-21(2,3)14-6-8-15(9-7-14)24-17(27)12-30-20-26-25-18(29-20)13-4-10-16(11-5-13)28-19(22)23/h4-11,19H,12H2,1-3H3,(H,24,27). The third kappa shape index (κ3) is 6.03. The first kappa shape index (κ1) is 21.8. The van der Waals surface area contributed by atoms with Crippen molar-refractivity contribution in [1.82, 2.24) is 10.2 Å².